The standard InChI is InChI=1S/C13H12O4/c1-3-12(14)16-9-10-6-5-7-11(8-10)17-13(15)4-2/h3-8H,1-2,9H2. The molecule has 4 heteroatoms. The van der Waals surface area contributed by atoms with Crippen molar-refractivity contribution in [2.45, 2.75) is 6.61 Å². The molecule has 0 aromatic heterocycles. The summed E-state index contributed by atoms with van der Waals surface area (Å²) < 4.78 is 9.77. The fourth-order valence-electron chi connectivity index (χ4n) is 1.07. The average Bonchev–Trinajstić information content (AvgIpc) is 2.36. The molecule has 17 heavy (non-hydrogen) atoms. The van der Waals surface area contributed by atoms with Crippen LogP contribution in [0.15, 0.2) is 49.6 Å². The van der Waals surface area contributed by atoms with Gasteiger partial charge in [0.1, 0.15) is 12.4 Å². The summed E-state index contributed by atoms with van der Waals surface area (Å²) in [5.74, 6) is -0.661. The molecule has 0 saturated carbocycles. The van der Waals surface area contributed by atoms with Gasteiger partial charge in [-0.3, -0.25) is 0 Å². The summed E-state index contributed by atoms with van der Waals surface area (Å²) in [6.07, 6.45) is 2.16. The topological polar surface area (TPSA) is 52.6 Å². The van der Waals surface area contributed by atoms with Crippen LogP contribution in [0.25, 0.3) is 0 Å². The number of carbonyl (C=O) groups excluding carboxylic acids is 2. The molecular weight excluding hydrogens is 220 g/mol. The van der Waals surface area contributed by atoms with Crippen molar-refractivity contribution in [1.82, 2.24) is 0 Å². The van der Waals surface area contributed by atoms with Gasteiger partial charge in [-0.1, -0.05) is 25.3 Å². The fourth-order valence-corrected chi connectivity index (χ4v) is 1.07. The Morgan fingerprint density at radius 2 is 1.88 bits per heavy atom. The molecule has 0 N–H and O–H groups in total. The second-order valence-electron chi connectivity index (χ2n) is 3.08. The summed E-state index contributed by atoms with van der Waals surface area (Å²) in [5.41, 5.74) is 0.717. The average molecular weight is 232 g/mol. The molecule has 0 radical (unpaired) electrons. The minimum atomic E-state index is -0.537. The number of hydrogen-bond donors (Lipinski definition) is 0. The zero-order chi connectivity index (χ0) is 12.7. The Hall–Kier alpha value is -2.36. The van der Waals surface area contributed by atoms with E-state index in [9.17, 15) is 9.59 Å². The summed E-state index contributed by atoms with van der Waals surface area (Å²) in [6, 6.07) is 6.68. The molecule has 0 bridgehead atoms. The van der Waals surface area contributed by atoms with E-state index in [4.69, 9.17) is 9.47 Å². The van der Waals surface area contributed by atoms with Crippen LogP contribution < -0.4 is 4.74 Å². The Morgan fingerprint density at radius 3 is 2.53 bits per heavy atom. The first kappa shape index (κ1) is 12.7. The lowest BCUT2D eigenvalue weighted by Crippen LogP contribution is -2.04. The van der Waals surface area contributed by atoms with Crippen molar-refractivity contribution in [2.24, 2.45) is 0 Å². The summed E-state index contributed by atoms with van der Waals surface area (Å²) in [5, 5.41) is 0. The Kier molecular flexibility index (Phi) is 4.69. The first-order valence-corrected chi connectivity index (χ1v) is 4.88. The second-order valence-corrected chi connectivity index (χ2v) is 3.08. The van der Waals surface area contributed by atoms with E-state index in [1.54, 1.807) is 24.3 Å². The molecule has 0 saturated heterocycles. The van der Waals surface area contributed by atoms with Crippen molar-refractivity contribution in [1.29, 1.82) is 0 Å². The molecular formula is C13H12O4. The molecule has 1 aromatic rings. The third-order valence-corrected chi connectivity index (χ3v) is 1.83. The normalized spacial score (nSPS) is 9.18. The third kappa shape index (κ3) is 4.34. The number of carbonyl (C=O) groups is 2. The Morgan fingerprint density at radius 1 is 1.18 bits per heavy atom. The van der Waals surface area contributed by atoms with E-state index in [0.29, 0.717) is 5.75 Å². The first-order chi connectivity index (χ1) is 8.15. The fraction of sp³-hybridized carbons (Fsp3) is 0.0769. The minimum absolute atomic E-state index is 0.102. The van der Waals surface area contributed by atoms with Crippen molar-refractivity contribution >= 4 is 11.9 Å². The number of ether oxygens (including phenoxy) is 2. The molecule has 1 aromatic carbocycles. The van der Waals surface area contributed by atoms with Gasteiger partial charge < -0.3 is 9.47 Å². The van der Waals surface area contributed by atoms with Gasteiger partial charge in [0.25, 0.3) is 0 Å². The molecule has 0 fully saturated rings. The number of benzene rings is 1. The summed E-state index contributed by atoms with van der Waals surface area (Å²) >= 11 is 0. The lowest BCUT2D eigenvalue weighted by atomic mass is 10.2. The maximum atomic E-state index is 11.0. The predicted molar refractivity (Wildman–Crippen MR) is 62.3 cm³/mol. The van der Waals surface area contributed by atoms with Crippen LogP contribution in [-0.4, -0.2) is 11.9 Å². The lowest BCUT2D eigenvalue weighted by Gasteiger charge is -2.05. The largest absolute Gasteiger partial charge is 0.458 e. The number of esters is 2. The van der Waals surface area contributed by atoms with Gasteiger partial charge in [0.2, 0.25) is 0 Å². The minimum Gasteiger partial charge on any atom is -0.458 e. The van der Waals surface area contributed by atoms with Gasteiger partial charge in [-0.25, -0.2) is 9.59 Å². The quantitative estimate of drug-likeness (QED) is 0.442. The van der Waals surface area contributed by atoms with Crippen molar-refractivity contribution in [3.05, 3.63) is 55.1 Å². The maximum absolute atomic E-state index is 11.0. The Balaban J connectivity index is 2.65. The highest BCUT2D eigenvalue weighted by molar-refractivity contribution is 5.83. The van der Waals surface area contributed by atoms with E-state index in [0.717, 1.165) is 17.7 Å². The van der Waals surface area contributed by atoms with Crippen molar-refractivity contribution < 1.29 is 19.1 Å². The van der Waals surface area contributed by atoms with Crippen LogP contribution in [0.2, 0.25) is 0 Å². The van der Waals surface area contributed by atoms with Crippen molar-refractivity contribution in [3.8, 4) is 5.75 Å². The van der Waals surface area contributed by atoms with E-state index < -0.39 is 11.9 Å². The van der Waals surface area contributed by atoms with Gasteiger partial charge >= 0.3 is 11.9 Å². The summed E-state index contributed by atoms with van der Waals surface area (Å²) in [4.78, 5) is 21.8. The molecule has 0 spiro atoms. The summed E-state index contributed by atoms with van der Waals surface area (Å²) in [6.45, 7) is 6.68. The number of rotatable bonds is 5. The van der Waals surface area contributed by atoms with Gasteiger partial charge in [-0.15, -0.1) is 0 Å². The smallest absolute Gasteiger partial charge is 0.335 e. The van der Waals surface area contributed by atoms with Crippen molar-refractivity contribution in [2.75, 3.05) is 0 Å². The van der Waals surface area contributed by atoms with Gasteiger partial charge in [-0.05, 0) is 17.7 Å². The van der Waals surface area contributed by atoms with E-state index in [1.165, 1.54) is 0 Å². The highest BCUT2D eigenvalue weighted by Gasteiger charge is 2.02. The monoisotopic (exact) mass is 232 g/mol. The van der Waals surface area contributed by atoms with Gasteiger partial charge in [0.15, 0.2) is 0 Å². The number of hydrogen-bond acceptors (Lipinski definition) is 4. The molecule has 0 atom stereocenters. The molecule has 0 amide bonds. The van der Waals surface area contributed by atoms with Crippen LogP contribution in [0, 0.1) is 0 Å². The molecule has 1 rings (SSSR count). The highest BCUT2D eigenvalue weighted by atomic mass is 16.5. The van der Waals surface area contributed by atoms with Crippen LogP contribution in [-0.2, 0) is 20.9 Å². The first-order valence-electron chi connectivity index (χ1n) is 4.88. The van der Waals surface area contributed by atoms with Crippen molar-refractivity contribution in [3.63, 3.8) is 0 Å². The lowest BCUT2D eigenvalue weighted by molar-refractivity contribution is -0.139. The second kappa shape index (κ2) is 6.27. The zero-order valence-electron chi connectivity index (χ0n) is 9.22. The van der Waals surface area contributed by atoms with Crippen LogP contribution in [0.4, 0.5) is 0 Å². The van der Waals surface area contributed by atoms with E-state index in [-0.39, 0.29) is 6.61 Å². The van der Waals surface area contributed by atoms with Gasteiger partial charge in [0.05, 0.1) is 0 Å². The maximum Gasteiger partial charge on any atom is 0.335 e. The Labute approximate surface area is 99.2 Å². The molecule has 88 valence electrons. The molecule has 0 aliphatic carbocycles. The van der Waals surface area contributed by atoms with Crippen LogP contribution in [0.5, 0.6) is 5.75 Å². The van der Waals surface area contributed by atoms with Gasteiger partial charge in [0, 0.05) is 12.2 Å². The van der Waals surface area contributed by atoms with Crippen LogP contribution in [0.3, 0.4) is 0 Å². The summed E-state index contributed by atoms with van der Waals surface area (Å²) in [7, 11) is 0. The molecule has 0 heterocycles. The van der Waals surface area contributed by atoms with E-state index >= 15 is 0 Å². The Bertz CT molecular complexity index is 448. The molecule has 0 unspecified atom stereocenters. The molecule has 0 aliphatic rings. The highest BCUT2D eigenvalue weighted by Crippen LogP contribution is 2.14. The van der Waals surface area contributed by atoms with Gasteiger partial charge in [-0.2, -0.15) is 0 Å². The van der Waals surface area contributed by atoms with Crippen LogP contribution in [0.1, 0.15) is 5.56 Å². The van der Waals surface area contributed by atoms with E-state index in [2.05, 4.69) is 13.2 Å². The molecule has 0 aliphatic heterocycles. The zero-order valence-corrected chi connectivity index (χ0v) is 9.22. The SMILES string of the molecule is C=CC(=O)OCc1cccc(OC(=O)C=C)c1. The van der Waals surface area contributed by atoms with Crippen LogP contribution >= 0.6 is 0 Å². The third-order valence-electron chi connectivity index (χ3n) is 1.83. The predicted octanol–water partition coefficient (Wildman–Crippen LogP) is 2.01. The molecule has 4 nitrogen and oxygen atoms in total. The van der Waals surface area contributed by atoms with E-state index in [1.807, 2.05) is 0 Å².